The number of rotatable bonds is 5. The number of carbonyl (C=O) groups excluding carboxylic acids is 1. The lowest BCUT2D eigenvalue weighted by atomic mass is 10.1. The summed E-state index contributed by atoms with van der Waals surface area (Å²) < 4.78 is 29.4. The van der Waals surface area contributed by atoms with Gasteiger partial charge < -0.3 is 10.6 Å². The van der Waals surface area contributed by atoms with E-state index in [1.807, 2.05) is 43.3 Å². The number of anilines is 4. The minimum absolute atomic E-state index is 0.120. The first-order valence-electron chi connectivity index (χ1n) is 9.75. The Morgan fingerprint density at radius 3 is 2.32 bits per heavy atom. The second kappa shape index (κ2) is 7.14. The molecule has 0 atom stereocenters. The predicted octanol–water partition coefficient (Wildman–Crippen LogP) is 5.26. The van der Waals surface area contributed by atoms with Crippen molar-refractivity contribution in [1.82, 2.24) is 0 Å². The molecule has 3 N–H and O–H groups in total. The summed E-state index contributed by atoms with van der Waals surface area (Å²) in [5, 5.41) is 7.17. The molecule has 0 aliphatic carbocycles. The van der Waals surface area contributed by atoms with E-state index < -0.39 is 10.0 Å². The summed E-state index contributed by atoms with van der Waals surface area (Å²) in [6, 6.07) is 23.2. The van der Waals surface area contributed by atoms with Crippen LogP contribution >= 0.6 is 0 Å². The van der Waals surface area contributed by atoms with Gasteiger partial charge in [0.05, 0.1) is 16.3 Å². The van der Waals surface area contributed by atoms with Gasteiger partial charge in [0.2, 0.25) is 0 Å². The first-order valence-corrected chi connectivity index (χ1v) is 11.2. The molecular weight excluding hydrogens is 410 g/mol. The zero-order chi connectivity index (χ0) is 21.6. The summed E-state index contributed by atoms with van der Waals surface area (Å²) in [7, 11) is -3.91. The first kappa shape index (κ1) is 19.1. The van der Waals surface area contributed by atoms with Gasteiger partial charge >= 0.3 is 0 Å². The number of nitrogens with one attached hydrogen (secondary N) is 3. The molecule has 31 heavy (non-hydrogen) atoms. The van der Waals surface area contributed by atoms with E-state index in [1.54, 1.807) is 36.4 Å². The highest BCUT2D eigenvalue weighted by molar-refractivity contribution is 7.93. The third kappa shape index (κ3) is 3.39. The zero-order valence-corrected chi connectivity index (χ0v) is 17.5. The molecule has 0 bridgehead atoms. The van der Waals surface area contributed by atoms with Crippen LogP contribution in [-0.4, -0.2) is 14.3 Å². The third-order valence-corrected chi connectivity index (χ3v) is 6.71. The highest BCUT2D eigenvalue weighted by atomic mass is 32.2. The monoisotopic (exact) mass is 429 g/mol. The van der Waals surface area contributed by atoms with E-state index >= 15 is 0 Å². The van der Waals surface area contributed by atoms with Crippen LogP contribution in [-0.2, 0) is 10.0 Å². The number of sulfonamides is 1. The van der Waals surface area contributed by atoms with Crippen molar-refractivity contribution in [1.29, 1.82) is 0 Å². The molecular formula is C24H19N3O3S. The SMILES string of the molecule is Cc1ccc(Nc2ccccc2NS(=O)(=O)c2ccc3c4c(cccc24)C(=O)N3)cc1. The molecule has 1 amide bonds. The Bertz CT molecular complexity index is 1450. The molecule has 1 aliphatic rings. The topological polar surface area (TPSA) is 87.3 Å². The number of hydrogen-bond donors (Lipinski definition) is 3. The number of hydrogen-bond acceptors (Lipinski definition) is 4. The number of amides is 1. The van der Waals surface area contributed by atoms with Gasteiger partial charge in [-0.3, -0.25) is 9.52 Å². The Morgan fingerprint density at radius 2 is 1.55 bits per heavy atom. The highest BCUT2D eigenvalue weighted by Gasteiger charge is 2.26. The number of carbonyl (C=O) groups is 1. The Balaban J connectivity index is 1.54. The van der Waals surface area contributed by atoms with Crippen LogP contribution in [0.15, 0.2) is 83.8 Å². The quantitative estimate of drug-likeness (QED) is 0.404. The van der Waals surface area contributed by atoms with Crippen LogP contribution in [0.5, 0.6) is 0 Å². The summed E-state index contributed by atoms with van der Waals surface area (Å²) in [5.41, 5.74) is 4.16. The molecule has 154 valence electrons. The van der Waals surface area contributed by atoms with Crippen LogP contribution in [0.2, 0.25) is 0 Å². The molecule has 1 aliphatic heterocycles. The van der Waals surface area contributed by atoms with Gasteiger partial charge in [0, 0.05) is 27.7 Å². The van der Waals surface area contributed by atoms with Gasteiger partial charge in [0.1, 0.15) is 0 Å². The van der Waals surface area contributed by atoms with Crippen molar-refractivity contribution in [2.24, 2.45) is 0 Å². The molecule has 7 heteroatoms. The molecule has 0 fully saturated rings. The lowest BCUT2D eigenvalue weighted by Crippen LogP contribution is -2.14. The highest BCUT2D eigenvalue weighted by Crippen LogP contribution is 2.37. The number of aryl methyl sites for hydroxylation is 1. The van der Waals surface area contributed by atoms with Crippen LogP contribution < -0.4 is 15.4 Å². The van der Waals surface area contributed by atoms with Gasteiger partial charge in [0.15, 0.2) is 0 Å². The molecule has 6 nitrogen and oxygen atoms in total. The second-order valence-electron chi connectivity index (χ2n) is 7.44. The zero-order valence-electron chi connectivity index (χ0n) is 16.6. The van der Waals surface area contributed by atoms with E-state index in [0.717, 1.165) is 11.3 Å². The number of para-hydroxylation sites is 2. The Kier molecular flexibility index (Phi) is 4.41. The van der Waals surface area contributed by atoms with Crippen molar-refractivity contribution < 1.29 is 13.2 Å². The van der Waals surface area contributed by atoms with Crippen molar-refractivity contribution in [3.8, 4) is 0 Å². The van der Waals surface area contributed by atoms with Gasteiger partial charge in [-0.25, -0.2) is 8.42 Å². The average molecular weight is 430 g/mol. The van der Waals surface area contributed by atoms with Crippen molar-refractivity contribution in [2.75, 3.05) is 15.4 Å². The maximum absolute atomic E-state index is 13.3. The van der Waals surface area contributed by atoms with Crippen molar-refractivity contribution >= 4 is 49.5 Å². The van der Waals surface area contributed by atoms with E-state index in [4.69, 9.17) is 0 Å². The van der Waals surface area contributed by atoms with Gasteiger partial charge in [-0.05, 0) is 49.4 Å². The largest absolute Gasteiger partial charge is 0.354 e. The summed E-state index contributed by atoms with van der Waals surface area (Å²) >= 11 is 0. The molecule has 0 aromatic heterocycles. The van der Waals surface area contributed by atoms with E-state index in [9.17, 15) is 13.2 Å². The standard InChI is InChI=1S/C24H19N3O3S/c1-15-9-11-16(12-10-15)25-19-7-2-3-8-20(19)27-31(29,30)22-14-13-21-23-17(22)5-4-6-18(23)24(28)26-21/h2-14,25,27H,1H3,(H,26,28). The molecule has 4 aromatic carbocycles. The van der Waals surface area contributed by atoms with Crippen LogP contribution in [0.4, 0.5) is 22.7 Å². The van der Waals surface area contributed by atoms with E-state index in [-0.39, 0.29) is 10.8 Å². The molecule has 0 saturated heterocycles. The maximum Gasteiger partial charge on any atom is 0.262 e. The van der Waals surface area contributed by atoms with Crippen molar-refractivity contribution in [2.45, 2.75) is 11.8 Å². The van der Waals surface area contributed by atoms with Crippen molar-refractivity contribution in [3.05, 3.63) is 90.0 Å². The Labute approximate surface area is 180 Å². The van der Waals surface area contributed by atoms with E-state index in [1.165, 1.54) is 6.07 Å². The fourth-order valence-corrected chi connectivity index (χ4v) is 5.05. The molecule has 4 aromatic rings. The summed E-state index contributed by atoms with van der Waals surface area (Å²) in [4.78, 5) is 12.3. The molecule has 0 saturated carbocycles. The van der Waals surface area contributed by atoms with Crippen molar-refractivity contribution in [3.63, 3.8) is 0 Å². The van der Waals surface area contributed by atoms with Gasteiger partial charge in [-0.1, -0.05) is 42.0 Å². The molecule has 5 rings (SSSR count). The van der Waals surface area contributed by atoms with Crippen LogP contribution in [0.25, 0.3) is 10.8 Å². The molecule has 0 spiro atoms. The first-order chi connectivity index (χ1) is 14.9. The second-order valence-corrected chi connectivity index (χ2v) is 9.09. The Hall–Kier alpha value is -3.84. The maximum atomic E-state index is 13.3. The van der Waals surface area contributed by atoms with E-state index in [0.29, 0.717) is 33.4 Å². The van der Waals surface area contributed by atoms with E-state index in [2.05, 4.69) is 15.4 Å². The Morgan fingerprint density at radius 1 is 0.806 bits per heavy atom. The van der Waals surface area contributed by atoms with Crippen LogP contribution in [0, 0.1) is 6.92 Å². The fraction of sp³-hybridized carbons (Fsp3) is 0.0417. The number of benzene rings is 4. The normalized spacial score (nSPS) is 12.6. The predicted molar refractivity (Wildman–Crippen MR) is 124 cm³/mol. The van der Waals surface area contributed by atoms with Gasteiger partial charge in [-0.2, -0.15) is 0 Å². The van der Waals surface area contributed by atoms with Crippen LogP contribution in [0.1, 0.15) is 15.9 Å². The van der Waals surface area contributed by atoms with Gasteiger partial charge in [-0.15, -0.1) is 0 Å². The summed E-state index contributed by atoms with van der Waals surface area (Å²) in [6.45, 7) is 2.01. The molecule has 1 heterocycles. The lowest BCUT2D eigenvalue weighted by molar-refractivity contribution is 0.103. The average Bonchev–Trinajstić information content (AvgIpc) is 3.08. The lowest BCUT2D eigenvalue weighted by Gasteiger charge is -2.15. The molecule has 0 unspecified atom stereocenters. The van der Waals surface area contributed by atoms with Crippen LogP contribution in [0.3, 0.4) is 0 Å². The summed E-state index contributed by atoms with van der Waals surface area (Å²) in [6.07, 6.45) is 0. The van der Waals surface area contributed by atoms with Gasteiger partial charge in [0.25, 0.3) is 15.9 Å². The smallest absolute Gasteiger partial charge is 0.262 e. The molecule has 0 radical (unpaired) electrons. The minimum atomic E-state index is -3.91. The summed E-state index contributed by atoms with van der Waals surface area (Å²) in [5.74, 6) is -0.226. The fourth-order valence-electron chi connectivity index (χ4n) is 3.77. The minimum Gasteiger partial charge on any atom is -0.354 e. The third-order valence-electron chi connectivity index (χ3n) is 5.28.